The Hall–Kier alpha value is -2.50. The number of amides is 2. The Morgan fingerprint density at radius 2 is 1.95 bits per heavy atom. The molecule has 22 heavy (non-hydrogen) atoms. The van der Waals surface area contributed by atoms with Gasteiger partial charge < -0.3 is 20.3 Å². The smallest absolute Gasteiger partial charge is 0.259 e. The van der Waals surface area contributed by atoms with Crippen molar-refractivity contribution < 1.29 is 14.3 Å². The molecule has 0 heterocycles. The first-order valence-corrected chi connectivity index (χ1v) is 7.02. The first-order valence-electron chi connectivity index (χ1n) is 7.02. The van der Waals surface area contributed by atoms with Crippen LogP contribution in [0.25, 0.3) is 0 Å². The molecule has 0 aliphatic rings. The van der Waals surface area contributed by atoms with Gasteiger partial charge >= 0.3 is 0 Å². The number of ether oxygens (including phenoxy) is 1. The second kappa shape index (κ2) is 8.71. The maximum Gasteiger partial charge on any atom is 0.259 e. The molecule has 1 rings (SSSR count). The van der Waals surface area contributed by atoms with Crippen LogP contribution in [0.5, 0.6) is 5.75 Å². The average Bonchev–Trinajstić information content (AvgIpc) is 2.51. The van der Waals surface area contributed by atoms with Crippen molar-refractivity contribution >= 4 is 17.5 Å². The van der Waals surface area contributed by atoms with Crippen LogP contribution in [0.1, 0.15) is 6.92 Å². The molecule has 0 aliphatic heterocycles. The number of rotatable bonds is 8. The van der Waals surface area contributed by atoms with Crippen LogP contribution in [-0.4, -0.2) is 50.0 Å². The molecule has 0 spiro atoms. The van der Waals surface area contributed by atoms with E-state index in [1.54, 1.807) is 51.4 Å². The Morgan fingerprint density at radius 1 is 1.32 bits per heavy atom. The molecule has 2 amide bonds. The van der Waals surface area contributed by atoms with Gasteiger partial charge in [-0.25, -0.2) is 0 Å². The Morgan fingerprint density at radius 3 is 2.50 bits per heavy atom. The van der Waals surface area contributed by atoms with Crippen LogP contribution in [0.4, 0.5) is 5.69 Å². The lowest BCUT2D eigenvalue weighted by molar-refractivity contribution is -0.130. The van der Waals surface area contributed by atoms with Gasteiger partial charge in [0.2, 0.25) is 5.91 Å². The topological polar surface area (TPSA) is 70.7 Å². The number of hydrogen-bond donors (Lipinski definition) is 2. The largest absolute Gasteiger partial charge is 0.484 e. The summed E-state index contributed by atoms with van der Waals surface area (Å²) in [6.07, 6.45) is 1.63. The van der Waals surface area contributed by atoms with Gasteiger partial charge in [0.25, 0.3) is 5.91 Å². The van der Waals surface area contributed by atoms with E-state index >= 15 is 0 Å². The molecular weight excluding hydrogens is 282 g/mol. The van der Waals surface area contributed by atoms with Gasteiger partial charge in [0, 0.05) is 26.3 Å². The van der Waals surface area contributed by atoms with Crippen molar-refractivity contribution in [2.45, 2.75) is 13.0 Å². The highest BCUT2D eigenvalue weighted by molar-refractivity contribution is 5.84. The highest BCUT2D eigenvalue weighted by atomic mass is 16.5. The number of carbonyl (C=O) groups excluding carboxylic acids is 2. The standard InChI is InChI=1S/C16H23N3O3/c1-5-10-17-16(21)12(2)18-13-6-8-14(9-7-13)22-11-15(20)19(3)4/h5-9,12,18H,1,10-11H2,2-4H3,(H,17,21)/t12-/m1/s1. The monoisotopic (exact) mass is 305 g/mol. The molecule has 0 fully saturated rings. The van der Waals surface area contributed by atoms with Gasteiger partial charge in [-0.05, 0) is 31.2 Å². The predicted octanol–water partition coefficient (Wildman–Crippen LogP) is 1.26. The molecule has 120 valence electrons. The van der Waals surface area contributed by atoms with E-state index in [9.17, 15) is 9.59 Å². The van der Waals surface area contributed by atoms with E-state index in [-0.39, 0.29) is 24.5 Å². The third-order valence-electron chi connectivity index (χ3n) is 2.91. The van der Waals surface area contributed by atoms with Crippen LogP contribution < -0.4 is 15.4 Å². The number of carbonyl (C=O) groups is 2. The van der Waals surface area contributed by atoms with E-state index < -0.39 is 0 Å². The molecule has 6 heteroatoms. The summed E-state index contributed by atoms with van der Waals surface area (Å²) in [7, 11) is 3.36. The molecule has 0 unspecified atom stereocenters. The zero-order chi connectivity index (χ0) is 16.5. The lowest BCUT2D eigenvalue weighted by Gasteiger charge is -2.15. The Balaban J connectivity index is 2.49. The van der Waals surface area contributed by atoms with Crippen molar-refractivity contribution in [1.82, 2.24) is 10.2 Å². The minimum Gasteiger partial charge on any atom is -0.484 e. The molecule has 0 saturated heterocycles. The number of nitrogens with one attached hydrogen (secondary N) is 2. The highest BCUT2D eigenvalue weighted by Gasteiger charge is 2.11. The third kappa shape index (κ3) is 5.87. The summed E-state index contributed by atoms with van der Waals surface area (Å²) in [5.41, 5.74) is 0.799. The van der Waals surface area contributed by atoms with Crippen LogP contribution in [0.15, 0.2) is 36.9 Å². The van der Waals surface area contributed by atoms with Gasteiger partial charge in [0.15, 0.2) is 6.61 Å². The molecule has 1 aromatic rings. The van der Waals surface area contributed by atoms with Crippen LogP contribution >= 0.6 is 0 Å². The maximum atomic E-state index is 11.7. The summed E-state index contributed by atoms with van der Waals surface area (Å²) < 4.78 is 5.38. The minimum absolute atomic E-state index is 0.000136. The second-order valence-electron chi connectivity index (χ2n) is 5.00. The fraction of sp³-hybridized carbons (Fsp3) is 0.375. The molecule has 0 radical (unpaired) electrons. The number of likely N-dealkylation sites (N-methyl/N-ethyl adjacent to an activating group) is 1. The quantitative estimate of drug-likeness (QED) is 0.709. The third-order valence-corrected chi connectivity index (χ3v) is 2.91. The van der Waals surface area contributed by atoms with Crippen molar-refractivity contribution in [2.24, 2.45) is 0 Å². The summed E-state index contributed by atoms with van der Waals surface area (Å²) in [6.45, 7) is 5.77. The summed E-state index contributed by atoms with van der Waals surface area (Å²) in [5.74, 6) is 0.399. The van der Waals surface area contributed by atoms with Gasteiger partial charge in [-0.15, -0.1) is 6.58 Å². The van der Waals surface area contributed by atoms with E-state index in [2.05, 4.69) is 17.2 Å². The normalized spacial score (nSPS) is 11.2. The van der Waals surface area contributed by atoms with Crippen LogP contribution in [0.3, 0.4) is 0 Å². The summed E-state index contributed by atoms with van der Waals surface area (Å²) >= 11 is 0. The molecule has 0 aliphatic carbocycles. The Labute approximate surface area is 131 Å². The average molecular weight is 305 g/mol. The summed E-state index contributed by atoms with van der Waals surface area (Å²) in [5, 5.41) is 5.80. The zero-order valence-corrected chi connectivity index (χ0v) is 13.3. The highest BCUT2D eigenvalue weighted by Crippen LogP contribution is 2.16. The van der Waals surface area contributed by atoms with Crippen LogP contribution in [-0.2, 0) is 9.59 Å². The van der Waals surface area contributed by atoms with Crippen molar-refractivity contribution in [3.8, 4) is 5.75 Å². The molecule has 1 aromatic carbocycles. The van der Waals surface area contributed by atoms with Crippen LogP contribution in [0.2, 0.25) is 0 Å². The van der Waals surface area contributed by atoms with Crippen molar-refractivity contribution in [1.29, 1.82) is 0 Å². The predicted molar refractivity (Wildman–Crippen MR) is 86.9 cm³/mol. The van der Waals surface area contributed by atoms with E-state index in [1.165, 1.54) is 4.90 Å². The number of anilines is 1. The SMILES string of the molecule is C=CCNC(=O)[C@@H](C)Nc1ccc(OCC(=O)N(C)C)cc1. The van der Waals surface area contributed by atoms with Gasteiger partial charge in [-0.3, -0.25) is 9.59 Å². The van der Waals surface area contributed by atoms with Crippen molar-refractivity contribution in [3.63, 3.8) is 0 Å². The van der Waals surface area contributed by atoms with E-state index in [0.717, 1.165) is 5.69 Å². The zero-order valence-electron chi connectivity index (χ0n) is 13.3. The Kier molecular flexibility index (Phi) is 6.95. The first kappa shape index (κ1) is 17.6. The lowest BCUT2D eigenvalue weighted by Crippen LogP contribution is -2.37. The van der Waals surface area contributed by atoms with Gasteiger partial charge in [0.05, 0.1) is 0 Å². The van der Waals surface area contributed by atoms with Gasteiger partial charge in [-0.2, -0.15) is 0 Å². The van der Waals surface area contributed by atoms with E-state index in [1.807, 2.05) is 0 Å². The van der Waals surface area contributed by atoms with Gasteiger partial charge in [0.1, 0.15) is 11.8 Å². The second-order valence-corrected chi connectivity index (χ2v) is 5.00. The summed E-state index contributed by atoms with van der Waals surface area (Å²) in [6, 6.07) is 6.74. The van der Waals surface area contributed by atoms with Crippen molar-refractivity contribution in [2.75, 3.05) is 32.6 Å². The lowest BCUT2D eigenvalue weighted by atomic mass is 10.2. The van der Waals surface area contributed by atoms with E-state index in [4.69, 9.17) is 4.74 Å². The molecule has 0 saturated carbocycles. The molecule has 1 atom stereocenters. The van der Waals surface area contributed by atoms with E-state index in [0.29, 0.717) is 12.3 Å². The maximum absolute atomic E-state index is 11.7. The first-order chi connectivity index (χ1) is 10.4. The molecule has 0 aromatic heterocycles. The molecule has 0 bridgehead atoms. The molecular formula is C16H23N3O3. The van der Waals surface area contributed by atoms with Crippen molar-refractivity contribution in [3.05, 3.63) is 36.9 Å². The fourth-order valence-electron chi connectivity index (χ4n) is 1.56. The number of hydrogen-bond acceptors (Lipinski definition) is 4. The summed E-state index contributed by atoms with van der Waals surface area (Å²) in [4.78, 5) is 24.6. The molecule has 6 nitrogen and oxygen atoms in total. The Bertz CT molecular complexity index is 512. The minimum atomic E-state index is -0.359. The molecule has 2 N–H and O–H groups in total. The number of nitrogens with zero attached hydrogens (tertiary/aromatic N) is 1. The van der Waals surface area contributed by atoms with Crippen LogP contribution in [0, 0.1) is 0 Å². The number of benzene rings is 1. The fourth-order valence-corrected chi connectivity index (χ4v) is 1.56. The van der Waals surface area contributed by atoms with Gasteiger partial charge in [-0.1, -0.05) is 6.08 Å².